The lowest BCUT2D eigenvalue weighted by Gasteiger charge is -2.17. The fraction of sp³-hybridized carbons (Fsp3) is 0.455. The van der Waals surface area contributed by atoms with Gasteiger partial charge in [0.05, 0.1) is 12.1 Å². The first-order valence-electron chi connectivity index (χ1n) is 5.00. The topological polar surface area (TPSA) is 21.3 Å². The van der Waals surface area contributed by atoms with Gasteiger partial charge in [-0.05, 0) is 25.5 Å². The summed E-state index contributed by atoms with van der Waals surface area (Å²) in [6, 6.07) is 4.00. The molecule has 0 spiro atoms. The summed E-state index contributed by atoms with van der Waals surface area (Å²) in [6.07, 6.45) is 0.998. The number of benzene rings is 1. The van der Waals surface area contributed by atoms with Gasteiger partial charge in [-0.3, -0.25) is 0 Å². The molecule has 0 bridgehead atoms. The SMILES string of the molecule is C[C@H]1OCC[C@H]1Nc1ccc(F)c(F)c1. The second-order valence-electron chi connectivity index (χ2n) is 3.74. The second kappa shape index (κ2) is 4.14. The van der Waals surface area contributed by atoms with E-state index in [0.29, 0.717) is 12.3 Å². The summed E-state index contributed by atoms with van der Waals surface area (Å²) in [5.41, 5.74) is 0.594. The maximum Gasteiger partial charge on any atom is 0.160 e. The first kappa shape index (κ1) is 10.4. The molecular formula is C11H13F2NO. The molecule has 1 fully saturated rings. The number of ether oxygens (including phenoxy) is 1. The van der Waals surface area contributed by atoms with E-state index in [1.807, 2.05) is 6.92 Å². The summed E-state index contributed by atoms with van der Waals surface area (Å²) in [5, 5.41) is 3.13. The van der Waals surface area contributed by atoms with Crippen molar-refractivity contribution in [3.8, 4) is 0 Å². The minimum absolute atomic E-state index is 0.109. The lowest BCUT2D eigenvalue weighted by molar-refractivity contribution is 0.121. The van der Waals surface area contributed by atoms with E-state index in [1.54, 1.807) is 0 Å². The highest BCUT2D eigenvalue weighted by Crippen LogP contribution is 2.20. The Kier molecular flexibility index (Phi) is 2.86. The van der Waals surface area contributed by atoms with Crippen LogP contribution in [-0.2, 0) is 4.74 Å². The van der Waals surface area contributed by atoms with Gasteiger partial charge in [-0.2, -0.15) is 0 Å². The Hall–Kier alpha value is -1.16. The molecule has 0 radical (unpaired) electrons. The van der Waals surface area contributed by atoms with Crippen LogP contribution in [0.4, 0.5) is 14.5 Å². The number of halogens is 2. The molecule has 0 aromatic heterocycles. The molecule has 2 atom stereocenters. The van der Waals surface area contributed by atoms with E-state index >= 15 is 0 Å². The first-order valence-corrected chi connectivity index (χ1v) is 5.00. The Balaban J connectivity index is 2.07. The molecule has 1 aromatic carbocycles. The van der Waals surface area contributed by atoms with Gasteiger partial charge >= 0.3 is 0 Å². The fourth-order valence-corrected chi connectivity index (χ4v) is 1.72. The second-order valence-corrected chi connectivity index (χ2v) is 3.74. The van der Waals surface area contributed by atoms with Crippen molar-refractivity contribution < 1.29 is 13.5 Å². The van der Waals surface area contributed by atoms with Crippen LogP contribution >= 0.6 is 0 Å². The van der Waals surface area contributed by atoms with Gasteiger partial charge < -0.3 is 10.1 Å². The first-order chi connectivity index (χ1) is 7.16. The van der Waals surface area contributed by atoms with Crippen molar-refractivity contribution in [1.82, 2.24) is 0 Å². The molecule has 4 heteroatoms. The van der Waals surface area contributed by atoms with E-state index in [4.69, 9.17) is 4.74 Å². The molecule has 82 valence electrons. The highest BCUT2D eigenvalue weighted by atomic mass is 19.2. The molecule has 1 N–H and O–H groups in total. The Morgan fingerprint density at radius 2 is 2.13 bits per heavy atom. The third-order valence-electron chi connectivity index (χ3n) is 2.65. The summed E-state index contributed by atoms with van der Waals surface area (Å²) in [4.78, 5) is 0. The lowest BCUT2D eigenvalue weighted by atomic mass is 10.1. The van der Waals surface area contributed by atoms with Crippen LogP contribution in [0.1, 0.15) is 13.3 Å². The average Bonchev–Trinajstić information content (AvgIpc) is 2.59. The monoisotopic (exact) mass is 213 g/mol. The molecule has 1 saturated heterocycles. The summed E-state index contributed by atoms with van der Waals surface area (Å²) >= 11 is 0. The van der Waals surface area contributed by atoms with Gasteiger partial charge in [-0.1, -0.05) is 0 Å². The third-order valence-corrected chi connectivity index (χ3v) is 2.65. The van der Waals surface area contributed by atoms with E-state index in [1.165, 1.54) is 12.1 Å². The predicted octanol–water partition coefficient (Wildman–Crippen LogP) is 2.55. The Morgan fingerprint density at radius 3 is 2.73 bits per heavy atom. The number of anilines is 1. The van der Waals surface area contributed by atoms with E-state index < -0.39 is 11.6 Å². The number of nitrogens with one attached hydrogen (secondary N) is 1. The van der Waals surface area contributed by atoms with E-state index in [2.05, 4.69) is 5.32 Å². The van der Waals surface area contributed by atoms with Gasteiger partial charge in [-0.25, -0.2) is 8.78 Å². The van der Waals surface area contributed by atoms with Crippen LogP contribution in [0.25, 0.3) is 0 Å². The minimum Gasteiger partial charge on any atom is -0.380 e. The fourth-order valence-electron chi connectivity index (χ4n) is 1.72. The van der Waals surface area contributed by atoms with Gasteiger partial charge in [-0.15, -0.1) is 0 Å². The van der Waals surface area contributed by atoms with Crippen LogP contribution < -0.4 is 5.32 Å². The molecule has 0 saturated carbocycles. The summed E-state index contributed by atoms with van der Waals surface area (Å²) in [7, 11) is 0. The Morgan fingerprint density at radius 1 is 1.33 bits per heavy atom. The molecule has 1 heterocycles. The molecule has 0 unspecified atom stereocenters. The summed E-state index contributed by atoms with van der Waals surface area (Å²) in [5.74, 6) is -1.65. The zero-order valence-electron chi connectivity index (χ0n) is 8.47. The smallest absolute Gasteiger partial charge is 0.160 e. The largest absolute Gasteiger partial charge is 0.380 e. The van der Waals surface area contributed by atoms with Crippen molar-refractivity contribution in [2.75, 3.05) is 11.9 Å². The molecule has 2 nitrogen and oxygen atoms in total. The standard InChI is InChI=1S/C11H13F2NO/c1-7-11(4-5-15-7)14-8-2-3-9(12)10(13)6-8/h2-3,6-7,11,14H,4-5H2,1H3/t7-,11-/m1/s1. The minimum atomic E-state index is -0.827. The normalized spacial score (nSPS) is 25.5. The highest BCUT2D eigenvalue weighted by Gasteiger charge is 2.23. The van der Waals surface area contributed by atoms with E-state index in [9.17, 15) is 8.78 Å². The van der Waals surface area contributed by atoms with Crippen molar-refractivity contribution >= 4 is 5.69 Å². The quantitative estimate of drug-likeness (QED) is 0.815. The summed E-state index contributed by atoms with van der Waals surface area (Å²) in [6.45, 7) is 2.67. The van der Waals surface area contributed by atoms with E-state index in [-0.39, 0.29) is 12.1 Å². The van der Waals surface area contributed by atoms with Gasteiger partial charge in [0.15, 0.2) is 11.6 Å². The van der Waals surface area contributed by atoms with Gasteiger partial charge in [0.1, 0.15) is 0 Å². The van der Waals surface area contributed by atoms with Crippen LogP contribution in [0.2, 0.25) is 0 Å². The molecule has 1 aliphatic heterocycles. The predicted molar refractivity (Wildman–Crippen MR) is 53.8 cm³/mol. The maximum atomic E-state index is 12.9. The van der Waals surface area contributed by atoms with Gasteiger partial charge in [0.25, 0.3) is 0 Å². The van der Waals surface area contributed by atoms with Crippen molar-refractivity contribution in [2.24, 2.45) is 0 Å². The third kappa shape index (κ3) is 2.26. The van der Waals surface area contributed by atoms with E-state index in [0.717, 1.165) is 12.5 Å². The van der Waals surface area contributed by atoms with Gasteiger partial charge in [0.2, 0.25) is 0 Å². The van der Waals surface area contributed by atoms with Crippen LogP contribution in [0, 0.1) is 11.6 Å². The van der Waals surface area contributed by atoms with Crippen LogP contribution in [0.5, 0.6) is 0 Å². The molecular weight excluding hydrogens is 200 g/mol. The zero-order valence-corrected chi connectivity index (χ0v) is 8.47. The molecule has 1 aliphatic rings. The summed E-state index contributed by atoms with van der Waals surface area (Å²) < 4.78 is 30.9. The molecule has 0 amide bonds. The average molecular weight is 213 g/mol. The molecule has 15 heavy (non-hydrogen) atoms. The van der Waals surface area contributed by atoms with Crippen LogP contribution in [-0.4, -0.2) is 18.8 Å². The lowest BCUT2D eigenvalue weighted by Crippen LogP contribution is -2.26. The molecule has 2 rings (SSSR count). The Labute approximate surface area is 87.2 Å². The van der Waals surface area contributed by atoms with Crippen molar-refractivity contribution in [2.45, 2.75) is 25.5 Å². The molecule has 1 aromatic rings. The molecule has 0 aliphatic carbocycles. The zero-order chi connectivity index (χ0) is 10.8. The van der Waals surface area contributed by atoms with Gasteiger partial charge in [0, 0.05) is 18.4 Å². The van der Waals surface area contributed by atoms with Crippen molar-refractivity contribution in [3.05, 3.63) is 29.8 Å². The number of rotatable bonds is 2. The maximum absolute atomic E-state index is 12.9. The Bertz CT molecular complexity index is 356. The number of hydrogen-bond donors (Lipinski definition) is 1. The van der Waals surface area contributed by atoms with Crippen molar-refractivity contribution in [3.63, 3.8) is 0 Å². The highest BCUT2D eigenvalue weighted by molar-refractivity contribution is 5.44. The van der Waals surface area contributed by atoms with Crippen LogP contribution in [0.15, 0.2) is 18.2 Å². The van der Waals surface area contributed by atoms with Crippen molar-refractivity contribution in [1.29, 1.82) is 0 Å². The van der Waals surface area contributed by atoms with Crippen LogP contribution in [0.3, 0.4) is 0 Å². The number of hydrogen-bond acceptors (Lipinski definition) is 2.